The predicted octanol–water partition coefficient (Wildman–Crippen LogP) is 2.51. The first kappa shape index (κ1) is 19.5. The van der Waals surface area contributed by atoms with Crippen molar-refractivity contribution < 1.29 is 9.47 Å². The average Bonchev–Trinajstić information content (AvgIpc) is 3.22. The minimum atomic E-state index is 0. The molecule has 1 spiro atoms. The number of aliphatic imine (C=N–C) groups is 1. The standard InChI is InChI=1S/C18H27N3O2.HI/c1-19-17(21-10-7-18(14-21)8-11-23-15-18)20-9-12-22-13-16-5-3-2-4-6-16;/h2-6H,7-15H2,1H3,(H,19,20);1H. The summed E-state index contributed by atoms with van der Waals surface area (Å²) in [6, 6.07) is 10.3. The maximum Gasteiger partial charge on any atom is 0.193 e. The Morgan fingerprint density at radius 2 is 2.17 bits per heavy atom. The number of rotatable bonds is 5. The summed E-state index contributed by atoms with van der Waals surface area (Å²) in [6.07, 6.45) is 2.39. The Hall–Kier alpha value is -0.860. The van der Waals surface area contributed by atoms with E-state index in [-0.39, 0.29) is 24.0 Å². The summed E-state index contributed by atoms with van der Waals surface area (Å²) in [5, 5.41) is 3.41. The lowest BCUT2D eigenvalue weighted by atomic mass is 9.87. The molecule has 134 valence electrons. The average molecular weight is 445 g/mol. The van der Waals surface area contributed by atoms with Gasteiger partial charge in [0.25, 0.3) is 0 Å². The van der Waals surface area contributed by atoms with E-state index in [0.29, 0.717) is 18.6 Å². The van der Waals surface area contributed by atoms with E-state index >= 15 is 0 Å². The molecule has 0 amide bonds. The molecule has 2 aliphatic heterocycles. The van der Waals surface area contributed by atoms with Crippen LogP contribution in [0.15, 0.2) is 35.3 Å². The molecule has 1 atom stereocenters. The van der Waals surface area contributed by atoms with Crippen LogP contribution >= 0.6 is 24.0 Å². The zero-order valence-electron chi connectivity index (χ0n) is 14.4. The number of guanidine groups is 1. The number of benzene rings is 1. The molecule has 3 rings (SSSR count). The van der Waals surface area contributed by atoms with Gasteiger partial charge in [-0.2, -0.15) is 0 Å². The van der Waals surface area contributed by atoms with Gasteiger partial charge < -0.3 is 19.7 Å². The summed E-state index contributed by atoms with van der Waals surface area (Å²) < 4.78 is 11.3. The molecule has 24 heavy (non-hydrogen) atoms. The number of hydrogen-bond acceptors (Lipinski definition) is 3. The first-order chi connectivity index (χ1) is 11.3. The van der Waals surface area contributed by atoms with Crippen molar-refractivity contribution in [2.45, 2.75) is 19.4 Å². The number of ether oxygens (including phenoxy) is 2. The van der Waals surface area contributed by atoms with Crippen LogP contribution in [0, 0.1) is 5.41 Å². The van der Waals surface area contributed by atoms with Crippen LogP contribution in [0.1, 0.15) is 18.4 Å². The van der Waals surface area contributed by atoms with Crippen LogP contribution in [-0.2, 0) is 16.1 Å². The molecule has 1 aromatic rings. The monoisotopic (exact) mass is 445 g/mol. The summed E-state index contributed by atoms with van der Waals surface area (Å²) in [7, 11) is 1.85. The molecule has 1 aromatic carbocycles. The molecule has 0 aromatic heterocycles. The first-order valence-electron chi connectivity index (χ1n) is 8.46. The van der Waals surface area contributed by atoms with Gasteiger partial charge in [-0.25, -0.2) is 0 Å². The van der Waals surface area contributed by atoms with Crippen LogP contribution in [0.2, 0.25) is 0 Å². The number of nitrogens with one attached hydrogen (secondary N) is 1. The quantitative estimate of drug-likeness (QED) is 0.328. The van der Waals surface area contributed by atoms with Crippen molar-refractivity contribution in [1.29, 1.82) is 0 Å². The van der Waals surface area contributed by atoms with E-state index in [1.54, 1.807) is 0 Å². The Kier molecular flexibility index (Phi) is 7.77. The molecule has 2 heterocycles. The van der Waals surface area contributed by atoms with Gasteiger partial charge in [0, 0.05) is 38.7 Å². The van der Waals surface area contributed by atoms with Gasteiger partial charge in [-0.1, -0.05) is 30.3 Å². The molecular weight excluding hydrogens is 417 g/mol. The van der Waals surface area contributed by atoms with Crippen LogP contribution < -0.4 is 5.32 Å². The second kappa shape index (κ2) is 9.58. The Morgan fingerprint density at radius 1 is 1.33 bits per heavy atom. The van der Waals surface area contributed by atoms with E-state index in [4.69, 9.17) is 9.47 Å². The van der Waals surface area contributed by atoms with Crippen LogP contribution in [0.25, 0.3) is 0 Å². The molecule has 2 fully saturated rings. The van der Waals surface area contributed by atoms with E-state index < -0.39 is 0 Å². The molecule has 5 nitrogen and oxygen atoms in total. The molecule has 0 aliphatic carbocycles. The molecule has 2 aliphatic rings. The highest BCUT2D eigenvalue weighted by Crippen LogP contribution is 2.38. The first-order valence-corrected chi connectivity index (χ1v) is 8.46. The maximum atomic E-state index is 5.71. The third-order valence-corrected chi connectivity index (χ3v) is 4.78. The molecule has 1 N–H and O–H groups in total. The van der Waals surface area contributed by atoms with E-state index in [2.05, 4.69) is 27.3 Å². The van der Waals surface area contributed by atoms with Crippen molar-refractivity contribution >= 4 is 29.9 Å². The van der Waals surface area contributed by atoms with E-state index in [1.807, 2.05) is 25.2 Å². The molecule has 0 saturated carbocycles. The third kappa shape index (κ3) is 5.07. The van der Waals surface area contributed by atoms with Gasteiger partial charge in [-0.05, 0) is 18.4 Å². The highest BCUT2D eigenvalue weighted by molar-refractivity contribution is 14.0. The Labute approximate surface area is 161 Å². The summed E-state index contributed by atoms with van der Waals surface area (Å²) in [6.45, 7) is 6.04. The fraction of sp³-hybridized carbons (Fsp3) is 0.611. The lowest BCUT2D eigenvalue weighted by Crippen LogP contribution is -2.42. The largest absolute Gasteiger partial charge is 0.381 e. The van der Waals surface area contributed by atoms with Gasteiger partial charge in [0.15, 0.2) is 5.96 Å². The smallest absolute Gasteiger partial charge is 0.193 e. The van der Waals surface area contributed by atoms with Crippen molar-refractivity contribution in [3.05, 3.63) is 35.9 Å². The topological polar surface area (TPSA) is 46.1 Å². The lowest BCUT2D eigenvalue weighted by Gasteiger charge is -2.24. The third-order valence-electron chi connectivity index (χ3n) is 4.78. The summed E-state index contributed by atoms with van der Waals surface area (Å²) in [5.41, 5.74) is 1.57. The van der Waals surface area contributed by atoms with Gasteiger partial charge in [-0.15, -0.1) is 24.0 Å². The minimum absolute atomic E-state index is 0. The van der Waals surface area contributed by atoms with Crippen LogP contribution in [-0.4, -0.2) is 57.4 Å². The van der Waals surface area contributed by atoms with Crippen molar-refractivity contribution in [1.82, 2.24) is 10.2 Å². The molecule has 6 heteroatoms. The Bertz CT molecular complexity index is 518. The highest BCUT2D eigenvalue weighted by atomic mass is 127. The van der Waals surface area contributed by atoms with Gasteiger partial charge >= 0.3 is 0 Å². The van der Waals surface area contributed by atoms with Crippen LogP contribution in [0.5, 0.6) is 0 Å². The van der Waals surface area contributed by atoms with E-state index in [0.717, 1.165) is 38.8 Å². The minimum Gasteiger partial charge on any atom is -0.381 e. The SMILES string of the molecule is CN=C(NCCOCc1ccccc1)N1CCC2(CCOC2)C1.I. The lowest BCUT2D eigenvalue weighted by molar-refractivity contribution is 0.125. The summed E-state index contributed by atoms with van der Waals surface area (Å²) >= 11 is 0. The summed E-state index contributed by atoms with van der Waals surface area (Å²) in [4.78, 5) is 6.77. The van der Waals surface area contributed by atoms with Gasteiger partial charge in [0.2, 0.25) is 0 Å². The number of halogens is 1. The van der Waals surface area contributed by atoms with Crippen LogP contribution in [0.4, 0.5) is 0 Å². The molecule has 2 saturated heterocycles. The fourth-order valence-electron chi connectivity index (χ4n) is 3.42. The molecule has 1 unspecified atom stereocenters. The Morgan fingerprint density at radius 3 is 2.88 bits per heavy atom. The number of likely N-dealkylation sites (tertiary alicyclic amines) is 1. The van der Waals surface area contributed by atoms with Crippen molar-refractivity contribution in [2.24, 2.45) is 10.4 Å². The van der Waals surface area contributed by atoms with Gasteiger partial charge in [0.1, 0.15) is 0 Å². The zero-order chi connectivity index (χ0) is 16.0. The maximum absolute atomic E-state index is 5.71. The summed E-state index contributed by atoms with van der Waals surface area (Å²) in [5.74, 6) is 0.983. The normalized spacial score (nSPS) is 23.5. The van der Waals surface area contributed by atoms with E-state index in [1.165, 1.54) is 18.4 Å². The highest BCUT2D eigenvalue weighted by Gasteiger charge is 2.42. The number of nitrogens with zero attached hydrogens (tertiary/aromatic N) is 2. The molecule has 0 radical (unpaired) electrons. The van der Waals surface area contributed by atoms with Crippen molar-refractivity contribution in [3.8, 4) is 0 Å². The van der Waals surface area contributed by atoms with Crippen molar-refractivity contribution in [2.75, 3.05) is 46.5 Å². The number of hydrogen-bond donors (Lipinski definition) is 1. The predicted molar refractivity (Wildman–Crippen MR) is 107 cm³/mol. The molecular formula is C18H28IN3O2. The zero-order valence-corrected chi connectivity index (χ0v) is 16.7. The fourth-order valence-corrected chi connectivity index (χ4v) is 3.42. The second-order valence-corrected chi connectivity index (χ2v) is 6.49. The van der Waals surface area contributed by atoms with Crippen molar-refractivity contribution in [3.63, 3.8) is 0 Å². The van der Waals surface area contributed by atoms with Crippen LogP contribution in [0.3, 0.4) is 0 Å². The molecule has 0 bridgehead atoms. The van der Waals surface area contributed by atoms with Gasteiger partial charge in [-0.3, -0.25) is 4.99 Å². The Balaban J connectivity index is 0.00000208. The second-order valence-electron chi connectivity index (χ2n) is 6.49. The van der Waals surface area contributed by atoms with Gasteiger partial charge in [0.05, 0.1) is 19.8 Å². The van der Waals surface area contributed by atoms with E-state index in [9.17, 15) is 0 Å².